The highest BCUT2D eigenvalue weighted by atomic mass is 32.2. The topological polar surface area (TPSA) is 113 Å². The minimum atomic E-state index is -0.349. The minimum absolute atomic E-state index is 0.0163. The van der Waals surface area contributed by atoms with E-state index in [1.807, 2.05) is 5.48 Å². The number of benzene rings is 1. The molecule has 132 valence electrons. The number of carbonyl (C=O) groups is 1. The number of aryl methyl sites for hydroxylation is 1. The van der Waals surface area contributed by atoms with Gasteiger partial charge in [-0.3, -0.25) is 15.5 Å². The molecule has 1 aliphatic rings. The summed E-state index contributed by atoms with van der Waals surface area (Å²) in [6.45, 7) is 1.61. The van der Waals surface area contributed by atoms with Crippen LogP contribution in [0.1, 0.15) is 24.1 Å². The standard InChI is InChI=1S/C15H16FN5O3S/c1-8-6-10(4-5-11(8)16)18-14(19-23)13-15(21-24-20-13)25-7-12(22)17-9-2-3-9/h4-6,9,23H,2-3,7H2,1H3,(H,17,22)(H,18,19). The maximum absolute atomic E-state index is 13.3. The van der Waals surface area contributed by atoms with Crippen molar-refractivity contribution < 1.29 is 19.0 Å². The summed E-state index contributed by atoms with van der Waals surface area (Å²) in [5, 5.41) is 20.0. The van der Waals surface area contributed by atoms with Crippen LogP contribution in [0, 0.1) is 12.7 Å². The molecule has 0 spiro atoms. The Bertz CT molecular complexity index is 806. The van der Waals surface area contributed by atoms with Crippen molar-refractivity contribution in [2.45, 2.75) is 30.8 Å². The van der Waals surface area contributed by atoms with Crippen LogP contribution in [0.3, 0.4) is 0 Å². The van der Waals surface area contributed by atoms with E-state index in [1.54, 1.807) is 6.92 Å². The molecule has 1 saturated carbocycles. The third-order valence-electron chi connectivity index (χ3n) is 3.45. The highest BCUT2D eigenvalue weighted by Gasteiger charge is 2.24. The normalized spacial score (nSPS) is 14.4. The molecule has 25 heavy (non-hydrogen) atoms. The van der Waals surface area contributed by atoms with Gasteiger partial charge in [0.2, 0.25) is 5.91 Å². The average Bonchev–Trinajstić information content (AvgIpc) is 3.28. The third kappa shape index (κ3) is 4.54. The Hall–Kier alpha value is -2.46. The first-order chi connectivity index (χ1) is 12.1. The lowest BCUT2D eigenvalue weighted by atomic mass is 10.2. The Balaban J connectivity index is 1.74. The van der Waals surface area contributed by atoms with Gasteiger partial charge in [0.05, 0.1) is 11.4 Å². The van der Waals surface area contributed by atoms with Gasteiger partial charge in [0.15, 0.2) is 16.6 Å². The van der Waals surface area contributed by atoms with E-state index >= 15 is 0 Å². The number of halogens is 1. The Morgan fingerprint density at radius 3 is 2.96 bits per heavy atom. The highest BCUT2D eigenvalue weighted by molar-refractivity contribution is 8.00. The summed E-state index contributed by atoms with van der Waals surface area (Å²) < 4.78 is 18.0. The first-order valence-electron chi connectivity index (χ1n) is 7.57. The van der Waals surface area contributed by atoms with Crippen molar-refractivity contribution in [1.82, 2.24) is 21.1 Å². The number of aliphatic imine (C=N–C) groups is 1. The molecule has 0 aliphatic heterocycles. The number of rotatable bonds is 6. The van der Waals surface area contributed by atoms with Crippen molar-refractivity contribution in [1.29, 1.82) is 0 Å². The third-order valence-corrected chi connectivity index (χ3v) is 4.40. The predicted molar refractivity (Wildman–Crippen MR) is 88.4 cm³/mol. The maximum Gasteiger partial charge on any atom is 0.230 e. The summed E-state index contributed by atoms with van der Waals surface area (Å²) in [6.07, 6.45) is 2.02. The van der Waals surface area contributed by atoms with Gasteiger partial charge >= 0.3 is 0 Å². The van der Waals surface area contributed by atoms with Crippen molar-refractivity contribution in [2.24, 2.45) is 4.99 Å². The van der Waals surface area contributed by atoms with E-state index in [-0.39, 0.29) is 35.0 Å². The molecule has 1 heterocycles. The van der Waals surface area contributed by atoms with E-state index in [9.17, 15) is 14.4 Å². The lowest BCUT2D eigenvalue weighted by molar-refractivity contribution is -0.118. The van der Waals surface area contributed by atoms with Crippen LogP contribution in [0.2, 0.25) is 0 Å². The van der Waals surface area contributed by atoms with Gasteiger partial charge in [-0.05, 0) is 53.8 Å². The maximum atomic E-state index is 13.3. The van der Waals surface area contributed by atoms with E-state index in [4.69, 9.17) is 4.63 Å². The average molecular weight is 365 g/mol. The van der Waals surface area contributed by atoms with Crippen LogP contribution in [0.4, 0.5) is 10.1 Å². The Morgan fingerprint density at radius 2 is 2.28 bits per heavy atom. The quantitative estimate of drug-likeness (QED) is 0.310. The fraction of sp³-hybridized carbons (Fsp3) is 0.333. The second-order valence-electron chi connectivity index (χ2n) is 5.55. The molecule has 0 saturated heterocycles. The van der Waals surface area contributed by atoms with E-state index in [1.165, 1.54) is 18.2 Å². The number of thioether (sulfide) groups is 1. The first-order valence-corrected chi connectivity index (χ1v) is 8.55. The predicted octanol–water partition coefficient (Wildman–Crippen LogP) is 1.94. The molecular formula is C15H16FN5O3S. The number of hydrogen-bond donors (Lipinski definition) is 3. The second kappa shape index (κ2) is 7.62. The zero-order chi connectivity index (χ0) is 17.8. The summed E-state index contributed by atoms with van der Waals surface area (Å²) in [5.41, 5.74) is 2.94. The number of amidine groups is 1. The van der Waals surface area contributed by atoms with Crippen LogP contribution >= 0.6 is 11.8 Å². The Labute approximate surface area is 146 Å². The molecule has 1 fully saturated rings. The van der Waals surface area contributed by atoms with Crippen molar-refractivity contribution in [3.8, 4) is 0 Å². The monoisotopic (exact) mass is 365 g/mol. The lowest BCUT2D eigenvalue weighted by Gasteiger charge is -2.04. The van der Waals surface area contributed by atoms with Gasteiger partial charge in [-0.15, -0.1) is 0 Å². The number of hydroxylamine groups is 1. The number of nitrogens with one attached hydrogen (secondary N) is 2. The largest absolute Gasteiger partial charge is 0.353 e. The molecule has 1 aromatic heterocycles. The molecule has 2 aromatic rings. The zero-order valence-electron chi connectivity index (χ0n) is 13.3. The molecule has 3 N–H and O–H groups in total. The van der Waals surface area contributed by atoms with Gasteiger partial charge in [-0.25, -0.2) is 14.0 Å². The van der Waals surface area contributed by atoms with Crippen LogP contribution < -0.4 is 10.8 Å². The molecule has 3 rings (SSSR count). The van der Waals surface area contributed by atoms with Crippen molar-refractivity contribution in [2.75, 3.05) is 5.75 Å². The van der Waals surface area contributed by atoms with Crippen molar-refractivity contribution in [3.05, 3.63) is 35.3 Å². The lowest BCUT2D eigenvalue weighted by Crippen LogP contribution is -2.27. The number of amides is 1. The Kier molecular flexibility index (Phi) is 5.29. The molecular weight excluding hydrogens is 349 g/mol. The fourth-order valence-corrected chi connectivity index (χ4v) is 2.72. The molecule has 1 aromatic carbocycles. The summed E-state index contributed by atoms with van der Waals surface area (Å²) in [4.78, 5) is 15.9. The smallest absolute Gasteiger partial charge is 0.230 e. The first kappa shape index (κ1) is 17.4. The SMILES string of the molecule is Cc1cc(N=C(NO)c2nonc2SCC(=O)NC2CC2)ccc1F. The molecule has 0 bridgehead atoms. The number of carbonyl (C=O) groups excluding carboxylic acids is 1. The van der Waals surface area contributed by atoms with E-state index < -0.39 is 0 Å². The highest BCUT2D eigenvalue weighted by Crippen LogP contribution is 2.23. The van der Waals surface area contributed by atoms with Gasteiger partial charge in [-0.1, -0.05) is 11.8 Å². The van der Waals surface area contributed by atoms with Crippen LogP contribution in [0.15, 0.2) is 32.8 Å². The molecule has 0 atom stereocenters. The summed E-state index contributed by atoms with van der Waals surface area (Å²) in [5.74, 6) is -0.326. The van der Waals surface area contributed by atoms with Gasteiger partial charge in [0.25, 0.3) is 0 Å². The molecule has 0 unspecified atom stereocenters. The fourth-order valence-electron chi connectivity index (χ4n) is 2.01. The van der Waals surface area contributed by atoms with Gasteiger partial charge in [0.1, 0.15) is 5.82 Å². The molecule has 1 amide bonds. The molecule has 10 heteroatoms. The van der Waals surface area contributed by atoms with Crippen molar-refractivity contribution in [3.63, 3.8) is 0 Å². The van der Waals surface area contributed by atoms with Gasteiger partial charge in [0, 0.05) is 6.04 Å². The summed E-state index contributed by atoms with van der Waals surface area (Å²) in [7, 11) is 0. The molecule has 1 aliphatic carbocycles. The van der Waals surface area contributed by atoms with E-state index in [0.29, 0.717) is 16.3 Å². The number of hydrogen-bond acceptors (Lipinski definition) is 7. The van der Waals surface area contributed by atoms with E-state index in [0.717, 1.165) is 24.6 Å². The van der Waals surface area contributed by atoms with Gasteiger partial charge in [-0.2, -0.15) is 0 Å². The van der Waals surface area contributed by atoms with Crippen LogP contribution in [0.25, 0.3) is 0 Å². The number of aromatic nitrogens is 2. The zero-order valence-corrected chi connectivity index (χ0v) is 14.1. The van der Waals surface area contributed by atoms with Crippen LogP contribution in [0.5, 0.6) is 0 Å². The van der Waals surface area contributed by atoms with E-state index in [2.05, 4.69) is 20.6 Å². The molecule has 8 nitrogen and oxygen atoms in total. The van der Waals surface area contributed by atoms with Crippen LogP contribution in [-0.4, -0.2) is 39.1 Å². The van der Waals surface area contributed by atoms with Crippen molar-refractivity contribution >= 4 is 29.2 Å². The van der Waals surface area contributed by atoms with Crippen LogP contribution in [-0.2, 0) is 4.79 Å². The number of nitrogens with zero attached hydrogens (tertiary/aromatic N) is 3. The second-order valence-corrected chi connectivity index (χ2v) is 6.52. The summed E-state index contributed by atoms with van der Waals surface area (Å²) >= 11 is 1.12. The Morgan fingerprint density at radius 1 is 1.48 bits per heavy atom. The summed E-state index contributed by atoms with van der Waals surface area (Å²) in [6, 6.07) is 4.54. The minimum Gasteiger partial charge on any atom is -0.353 e. The molecule has 0 radical (unpaired) electrons. The van der Waals surface area contributed by atoms with Gasteiger partial charge < -0.3 is 5.32 Å².